The van der Waals surface area contributed by atoms with Crippen molar-refractivity contribution in [3.05, 3.63) is 41.3 Å². The molecule has 0 saturated heterocycles. The van der Waals surface area contributed by atoms with E-state index in [1.807, 2.05) is 0 Å². The highest BCUT2D eigenvalue weighted by atomic mass is 32.2. The van der Waals surface area contributed by atoms with Crippen LogP contribution in [0.25, 0.3) is 0 Å². The van der Waals surface area contributed by atoms with E-state index < -0.39 is 16.1 Å². The average Bonchev–Trinajstić information content (AvgIpc) is 3.02. The lowest BCUT2D eigenvalue weighted by molar-refractivity contribution is 0.166. The third-order valence-electron chi connectivity index (χ3n) is 3.51. The monoisotopic (exact) mass is 325 g/mol. The molecule has 3 rings (SSSR count). The molecule has 0 radical (unpaired) electrons. The second-order valence-electron chi connectivity index (χ2n) is 4.74. The molecule has 1 aliphatic rings. The molecule has 2 heterocycles. The molecule has 2 aromatic rings. The highest BCUT2D eigenvalue weighted by Gasteiger charge is 2.33. The summed E-state index contributed by atoms with van der Waals surface area (Å²) < 4.78 is 32.3. The lowest BCUT2D eigenvalue weighted by Gasteiger charge is -2.32. The fourth-order valence-electron chi connectivity index (χ4n) is 2.43. The standard InChI is InChI=1S/C14H15NO4S2/c1-19-10-4-5-11-12(9-10)15(7-6-13(11)16)21(17,18)14-3-2-8-20-14/h2-5,8-9,13,16H,6-7H2,1H3. The summed E-state index contributed by atoms with van der Waals surface area (Å²) in [4.78, 5) is 0. The number of methoxy groups -OCH3 is 1. The Balaban J connectivity index is 2.13. The predicted octanol–water partition coefficient (Wildman–Crippen LogP) is 2.39. The van der Waals surface area contributed by atoms with E-state index in [0.717, 1.165) is 0 Å². The van der Waals surface area contributed by atoms with Crippen molar-refractivity contribution in [2.75, 3.05) is 18.0 Å². The highest BCUT2D eigenvalue weighted by Crippen LogP contribution is 2.39. The zero-order chi connectivity index (χ0) is 15.0. The molecule has 21 heavy (non-hydrogen) atoms. The summed E-state index contributed by atoms with van der Waals surface area (Å²) in [5.41, 5.74) is 1.10. The van der Waals surface area contributed by atoms with E-state index in [9.17, 15) is 13.5 Å². The molecule has 7 heteroatoms. The van der Waals surface area contributed by atoms with Crippen LogP contribution in [0.5, 0.6) is 5.75 Å². The van der Waals surface area contributed by atoms with Crippen LogP contribution in [-0.2, 0) is 10.0 Å². The van der Waals surface area contributed by atoms with Gasteiger partial charge < -0.3 is 9.84 Å². The summed E-state index contributed by atoms with van der Waals surface area (Å²) in [6.45, 7) is 0.252. The average molecular weight is 325 g/mol. The van der Waals surface area contributed by atoms with Gasteiger partial charge in [-0.3, -0.25) is 4.31 Å². The molecule has 1 aromatic heterocycles. The van der Waals surface area contributed by atoms with Crippen molar-refractivity contribution in [2.24, 2.45) is 0 Å². The molecular formula is C14H15NO4S2. The number of hydrogen-bond donors (Lipinski definition) is 1. The maximum absolute atomic E-state index is 12.7. The first-order valence-electron chi connectivity index (χ1n) is 6.46. The molecule has 1 aliphatic heterocycles. The van der Waals surface area contributed by atoms with Crippen LogP contribution in [0, 0.1) is 0 Å². The van der Waals surface area contributed by atoms with Gasteiger partial charge in [-0.1, -0.05) is 12.1 Å². The van der Waals surface area contributed by atoms with Crippen molar-refractivity contribution in [1.29, 1.82) is 0 Å². The number of anilines is 1. The first-order valence-corrected chi connectivity index (χ1v) is 8.78. The van der Waals surface area contributed by atoms with Gasteiger partial charge in [-0.05, 0) is 23.9 Å². The molecule has 0 fully saturated rings. The van der Waals surface area contributed by atoms with Crippen molar-refractivity contribution >= 4 is 27.0 Å². The van der Waals surface area contributed by atoms with E-state index in [4.69, 9.17) is 4.74 Å². The minimum atomic E-state index is -3.60. The first-order chi connectivity index (χ1) is 10.0. The summed E-state index contributed by atoms with van der Waals surface area (Å²) in [5, 5.41) is 11.8. The Hall–Kier alpha value is -1.57. The molecule has 0 bridgehead atoms. The van der Waals surface area contributed by atoms with Gasteiger partial charge in [0.25, 0.3) is 10.0 Å². The van der Waals surface area contributed by atoms with Crippen LogP contribution in [0.2, 0.25) is 0 Å². The van der Waals surface area contributed by atoms with Crippen LogP contribution < -0.4 is 9.04 Å². The van der Waals surface area contributed by atoms with E-state index in [1.54, 1.807) is 35.7 Å². The van der Waals surface area contributed by atoms with Gasteiger partial charge in [0, 0.05) is 18.2 Å². The molecule has 0 amide bonds. The van der Waals surface area contributed by atoms with Crippen molar-refractivity contribution in [3.8, 4) is 5.75 Å². The van der Waals surface area contributed by atoms with Gasteiger partial charge in [0.05, 0.1) is 18.9 Å². The topological polar surface area (TPSA) is 66.8 Å². The molecule has 1 atom stereocenters. The Labute approximate surface area is 127 Å². The number of hydrogen-bond acceptors (Lipinski definition) is 5. The first kappa shape index (κ1) is 14.4. The van der Waals surface area contributed by atoms with Gasteiger partial charge in [0.1, 0.15) is 9.96 Å². The summed E-state index contributed by atoms with van der Waals surface area (Å²) in [5.74, 6) is 0.564. The molecule has 5 nitrogen and oxygen atoms in total. The number of fused-ring (bicyclic) bond motifs is 1. The molecule has 1 N–H and O–H groups in total. The maximum Gasteiger partial charge on any atom is 0.273 e. The van der Waals surface area contributed by atoms with E-state index >= 15 is 0 Å². The van der Waals surface area contributed by atoms with Crippen LogP contribution in [-0.4, -0.2) is 27.2 Å². The number of aliphatic hydroxyl groups excluding tert-OH is 1. The van der Waals surface area contributed by atoms with Gasteiger partial charge in [-0.2, -0.15) is 0 Å². The van der Waals surface area contributed by atoms with Gasteiger partial charge >= 0.3 is 0 Å². The quantitative estimate of drug-likeness (QED) is 0.941. The van der Waals surface area contributed by atoms with E-state index in [-0.39, 0.29) is 6.54 Å². The van der Waals surface area contributed by atoms with E-state index in [2.05, 4.69) is 0 Å². The number of aliphatic hydroxyl groups is 1. The van der Waals surface area contributed by atoms with Crippen LogP contribution in [0.1, 0.15) is 18.1 Å². The predicted molar refractivity (Wildman–Crippen MR) is 81.4 cm³/mol. The van der Waals surface area contributed by atoms with E-state index in [1.165, 1.54) is 22.8 Å². The van der Waals surface area contributed by atoms with Crippen molar-refractivity contribution in [3.63, 3.8) is 0 Å². The van der Waals surface area contributed by atoms with E-state index in [0.29, 0.717) is 27.6 Å². The van der Waals surface area contributed by atoms with Crippen LogP contribution in [0.3, 0.4) is 0 Å². The van der Waals surface area contributed by atoms with Crippen LogP contribution in [0.4, 0.5) is 5.69 Å². The minimum Gasteiger partial charge on any atom is -0.497 e. The largest absolute Gasteiger partial charge is 0.497 e. The summed E-state index contributed by atoms with van der Waals surface area (Å²) in [6, 6.07) is 8.40. The molecule has 0 saturated carbocycles. The van der Waals surface area contributed by atoms with Crippen molar-refractivity contribution in [1.82, 2.24) is 0 Å². The third kappa shape index (κ3) is 2.41. The minimum absolute atomic E-state index is 0.252. The van der Waals surface area contributed by atoms with Crippen molar-refractivity contribution < 1.29 is 18.3 Å². The van der Waals surface area contributed by atoms with Gasteiger partial charge in [0.2, 0.25) is 0 Å². The maximum atomic E-state index is 12.7. The molecular weight excluding hydrogens is 310 g/mol. The smallest absolute Gasteiger partial charge is 0.273 e. The zero-order valence-corrected chi connectivity index (χ0v) is 13.0. The summed E-state index contributed by atoms with van der Waals surface area (Å²) in [6.07, 6.45) is -0.273. The molecule has 0 aliphatic carbocycles. The van der Waals surface area contributed by atoms with Crippen LogP contribution >= 0.6 is 11.3 Å². The Morgan fingerprint density at radius 2 is 2.19 bits per heavy atom. The molecule has 0 spiro atoms. The van der Waals surface area contributed by atoms with Crippen LogP contribution in [0.15, 0.2) is 39.9 Å². The number of rotatable bonds is 3. The van der Waals surface area contributed by atoms with Gasteiger partial charge in [-0.25, -0.2) is 8.42 Å². The SMILES string of the molecule is COc1ccc2c(c1)N(S(=O)(=O)c1cccs1)CCC2O. The highest BCUT2D eigenvalue weighted by molar-refractivity contribution is 7.94. The summed E-state index contributed by atoms with van der Waals surface area (Å²) in [7, 11) is -2.07. The van der Waals surface area contributed by atoms with Gasteiger partial charge in [-0.15, -0.1) is 11.3 Å². The zero-order valence-electron chi connectivity index (χ0n) is 11.4. The second kappa shape index (κ2) is 5.32. The third-order valence-corrected chi connectivity index (χ3v) is 6.70. The fourth-order valence-corrected chi connectivity index (χ4v) is 5.03. The Morgan fingerprint density at radius 3 is 2.86 bits per heavy atom. The molecule has 112 valence electrons. The molecule has 1 aromatic carbocycles. The Bertz CT molecular complexity index is 740. The lowest BCUT2D eigenvalue weighted by Crippen LogP contribution is -2.36. The Kier molecular flexibility index (Phi) is 3.64. The lowest BCUT2D eigenvalue weighted by atomic mass is 10.0. The summed E-state index contributed by atoms with van der Waals surface area (Å²) >= 11 is 1.19. The number of sulfonamides is 1. The second-order valence-corrected chi connectivity index (χ2v) is 7.78. The Morgan fingerprint density at radius 1 is 1.38 bits per heavy atom. The number of nitrogens with zero attached hydrogens (tertiary/aromatic N) is 1. The number of thiophene rings is 1. The molecule has 1 unspecified atom stereocenters. The number of benzene rings is 1. The van der Waals surface area contributed by atoms with Crippen molar-refractivity contribution in [2.45, 2.75) is 16.7 Å². The van der Waals surface area contributed by atoms with Gasteiger partial charge in [0.15, 0.2) is 0 Å². The normalized spacial score (nSPS) is 18.4. The fraction of sp³-hybridized carbons (Fsp3) is 0.286. The number of ether oxygens (including phenoxy) is 1.